The number of hydrogen-bond acceptors (Lipinski definition) is 8. The van der Waals surface area contributed by atoms with Gasteiger partial charge in [0, 0.05) is 30.3 Å². The molecule has 13 heteroatoms. The molecule has 2 aromatic heterocycles. The van der Waals surface area contributed by atoms with Crippen LogP contribution < -0.4 is 25.6 Å². The van der Waals surface area contributed by atoms with Crippen LogP contribution in [0.5, 0.6) is 17.2 Å². The Kier molecular flexibility index (Phi) is 9.57. The Hall–Kier alpha value is -5.20. The summed E-state index contributed by atoms with van der Waals surface area (Å²) in [4.78, 5) is 28.9. The molecular weight excluding hydrogens is 523 g/mol. The molecule has 0 aliphatic carbocycles. The maximum absolute atomic E-state index is 15.4. The molecule has 0 bridgehead atoms. The van der Waals surface area contributed by atoms with Gasteiger partial charge in [-0.1, -0.05) is 24.3 Å². The maximum Gasteiger partial charge on any atom is 0.349 e. The molecule has 4 rings (SSSR count). The molecule has 0 amide bonds. The molecule has 2 heterocycles. The van der Waals surface area contributed by atoms with E-state index in [0.717, 1.165) is 17.2 Å². The van der Waals surface area contributed by atoms with Crippen molar-refractivity contribution in [1.29, 1.82) is 5.41 Å². The van der Waals surface area contributed by atoms with Gasteiger partial charge in [0.05, 0.1) is 27.2 Å². The van der Waals surface area contributed by atoms with Gasteiger partial charge in [-0.2, -0.15) is 4.68 Å². The van der Waals surface area contributed by atoms with E-state index in [1.54, 1.807) is 36.4 Å². The van der Waals surface area contributed by atoms with E-state index in [4.69, 9.17) is 35.3 Å². The Bertz CT molecular complexity index is 1550. The lowest BCUT2D eigenvalue weighted by Gasteiger charge is -2.18. The van der Waals surface area contributed by atoms with Gasteiger partial charge in [-0.15, -0.1) is 5.10 Å². The molecule has 40 heavy (non-hydrogen) atoms. The molecule has 1 unspecified atom stereocenters. The molecule has 0 aliphatic heterocycles. The van der Waals surface area contributed by atoms with Crippen molar-refractivity contribution >= 4 is 11.8 Å². The van der Waals surface area contributed by atoms with Gasteiger partial charge in [0.2, 0.25) is 5.82 Å². The van der Waals surface area contributed by atoms with E-state index < -0.39 is 23.4 Å². The van der Waals surface area contributed by atoms with Crippen LogP contribution in [0.3, 0.4) is 0 Å². The Morgan fingerprint density at radius 2 is 1.70 bits per heavy atom. The lowest BCUT2D eigenvalue weighted by Crippen LogP contribution is -2.17. The van der Waals surface area contributed by atoms with Crippen molar-refractivity contribution in [3.8, 4) is 23.1 Å². The summed E-state index contributed by atoms with van der Waals surface area (Å²) >= 11 is 0. The van der Waals surface area contributed by atoms with Crippen LogP contribution in [0.2, 0.25) is 0 Å². The maximum atomic E-state index is 15.4. The van der Waals surface area contributed by atoms with E-state index in [1.807, 2.05) is 0 Å². The van der Waals surface area contributed by atoms with Crippen LogP contribution in [0.4, 0.5) is 4.39 Å². The number of benzene rings is 2. The topological polar surface area (TPSA) is 178 Å². The van der Waals surface area contributed by atoms with Crippen LogP contribution in [0, 0.1) is 11.2 Å². The van der Waals surface area contributed by atoms with Gasteiger partial charge < -0.3 is 25.1 Å². The zero-order chi connectivity index (χ0) is 29.4. The van der Waals surface area contributed by atoms with Gasteiger partial charge in [0.25, 0.3) is 5.97 Å². The summed E-state index contributed by atoms with van der Waals surface area (Å²) in [6.07, 6.45) is 1.79. The first-order valence-electron chi connectivity index (χ1n) is 11.8. The smallest absolute Gasteiger partial charge is 0.349 e. The Balaban J connectivity index is 0.00000103. The summed E-state index contributed by atoms with van der Waals surface area (Å²) < 4.78 is 32.4. The fourth-order valence-electron chi connectivity index (χ4n) is 3.89. The van der Waals surface area contributed by atoms with Crippen LogP contribution in [0.1, 0.15) is 35.4 Å². The minimum atomic E-state index is -0.833. The van der Waals surface area contributed by atoms with E-state index in [2.05, 4.69) is 15.1 Å². The Morgan fingerprint density at radius 1 is 1.10 bits per heavy atom. The monoisotopic (exact) mass is 552 g/mol. The van der Waals surface area contributed by atoms with Gasteiger partial charge >= 0.3 is 5.69 Å². The fourth-order valence-corrected chi connectivity index (χ4v) is 3.89. The van der Waals surface area contributed by atoms with Gasteiger partial charge in [-0.05, 0) is 30.2 Å². The first-order valence-corrected chi connectivity index (χ1v) is 11.8. The van der Waals surface area contributed by atoms with Crippen molar-refractivity contribution in [1.82, 2.24) is 19.7 Å². The number of carboxylic acids is 1. The molecule has 0 spiro atoms. The number of nitrogens with zero attached hydrogens (tertiary/aromatic N) is 3. The molecule has 0 radical (unpaired) electrons. The van der Waals surface area contributed by atoms with Crippen molar-refractivity contribution in [2.45, 2.75) is 19.3 Å². The van der Waals surface area contributed by atoms with Gasteiger partial charge in [-0.25, -0.2) is 14.2 Å². The van der Waals surface area contributed by atoms with E-state index in [1.165, 1.54) is 39.7 Å². The second kappa shape index (κ2) is 13.0. The molecule has 5 N–H and O–H groups in total. The van der Waals surface area contributed by atoms with Crippen LogP contribution in [0.25, 0.3) is 5.82 Å². The number of pyridine rings is 1. The summed E-state index contributed by atoms with van der Waals surface area (Å²) in [6.45, 7) is 1.08. The lowest BCUT2D eigenvalue weighted by atomic mass is 9.90. The zero-order valence-corrected chi connectivity index (χ0v) is 22.3. The highest BCUT2D eigenvalue weighted by molar-refractivity contribution is 5.94. The van der Waals surface area contributed by atoms with Crippen molar-refractivity contribution in [3.05, 3.63) is 93.5 Å². The molecule has 1 atom stereocenters. The van der Waals surface area contributed by atoms with E-state index >= 15 is 4.39 Å². The standard InChI is InChI=1S/C25H25FN6O4.C2H4O2/c1-34-19-5-4-10-29-24(19)32-25(33)30-23(31-32)17(11-14-6-8-15(9-7-14)22(27)28)16-12-20(35-2)21(36-3)13-18(16)26;1-2(3)4/h4-10,12-13,17H,11H2,1-3H3,(H3,27,28)(H,30,31,33);1H3,(H,3,4). The van der Waals surface area contributed by atoms with Gasteiger partial charge in [0.1, 0.15) is 17.5 Å². The van der Waals surface area contributed by atoms with Crippen molar-refractivity contribution < 1.29 is 28.5 Å². The van der Waals surface area contributed by atoms with Crippen molar-refractivity contribution in [3.63, 3.8) is 0 Å². The van der Waals surface area contributed by atoms with E-state index in [-0.39, 0.29) is 35.2 Å². The van der Waals surface area contributed by atoms with Crippen molar-refractivity contribution in [2.75, 3.05) is 21.3 Å². The first-order chi connectivity index (χ1) is 19.1. The molecule has 210 valence electrons. The zero-order valence-electron chi connectivity index (χ0n) is 22.3. The number of aromatic amines is 1. The molecule has 0 aliphatic rings. The number of amidine groups is 1. The molecular formula is C27H29FN6O6. The van der Waals surface area contributed by atoms with Crippen LogP contribution >= 0.6 is 0 Å². The van der Waals surface area contributed by atoms with Crippen LogP contribution in [-0.2, 0) is 11.2 Å². The number of carboxylic acid groups (broad SMARTS) is 1. The summed E-state index contributed by atoms with van der Waals surface area (Å²) in [5.74, 6) is -0.818. The number of hydrogen-bond donors (Lipinski definition) is 4. The second-order valence-electron chi connectivity index (χ2n) is 8.37. The third-order valence-electron chi connectivity index (χ3n) is 5.72. The number of nitrogens with one attached hydrogen (secondary N) is 2. The SMILES string of the molecule is CC(=O)O.COc1cc(F)c(C(Cc2ccc(C(=N)N)cc2)c2nn(-c3ncccc3OC)c(=O)[nH]2)cc1OC. The number of nitrogen functional groups attached to an aromatic ring is 1. The number of H-pyrrole nitrogens is 1. The van der Waals surface area contributed by atoms with E-state index in [0.29, 0.717) is 17.1 Å². The highest BCUT2D eigenvalue weighted by atomic mass is 19.1. The van der Waals surface area contributed by atoms with Gasteiger partial charge in [0.15, 0.2) is 17.2 Å². The summed E-state index contributed by atoms with van der Waals surface area (Å²) in [5, 5.41) is 19.5. The average Bonchev–Trinajstić information content (AvgIpc) is 3.32. The van der Waals surface area contributed by atoms with Gasteiger partial charge in [-0.3, -0.25) is 15.2 Å². The fraction of sp³-hybridized carbons (Fsp3) is 0.222. The Labute approximate surface area is 228 Å². The molecule has 0 saturated heterocycles. The average molecular weight is 553 g/mol. The number of nitrogens with two attached hydrogens (primary N) is 1. The number of carbonyl (C=O) groups is 1. The highest BCUT2D eigenvalue weighted by Crippen LogP contribution is 2.36. The number of rotatable bonds is 9. The number of methoxy groups -OCH3 is 3. The quantitative estimate of drug-likeness (QED) is 0.179. The molecule has 0 saturated carbocycles. The minimum absolute atomic E-state index is 0.0589. The largest absolute Gasteiger partial charge is 0.493 e. The molecule has 12 nitrogen and oxygen atoms in total. The molecule has 4 aromatic rings. The molecule has 0 fully saturated rings. The van der Waals surface area contributed by atoms with Crippen LogP contribution in [-0.4, -0.2) is 58.0 Å². The predicted octanol–water partition coefficient (Wildman–Crippen LogP) is 2.87. The number of aromatic nitrogens is 4. The lowest BCUT2D eigenvalue weighted by molar-refractivity contribution is -0.134. The first kappa shape index (κ1) is 29.4. The highest BCUT2D eigenvalue weighted by Gasteiger charge is 2.26. The van der Waals surface area contributed by atoms with Crippen molar-refractivity contribution in [2.24, 2.45) is 5.73 Å². The third-order valence-corrected chi connectivity index (χ3v) is 5.72. The predicted molar refractivity (Wildman–Crippen MR) is 144 cm³/mol. The molecule has 2 aromatic carbocycles. The summed E-state index contributed by atoms with van der Waals surface area (Å²) in [7, 11) is 4.34. The number of halogens is 1. The van der Waals surface area contributed by atoms with E-state index in [9.17, 15) is 4.79 Å². The number of aliphatic carboxylic acids is 1. The second-order valence-corrected chi connectivity index (χ2v) is 8.37. The minimum Gasteiger partial charge on any atom is -0.493 e. The van der Waals surface area contributed by atoms with Crippen LogP contribution in [0.15, 0.2) is 59.5 Å². The number of ether oxygens (including phenoxy) is 3. The summed E-state index contributed by atoms with van der Waals surface area (Å²) in [5.41, 5.74) is 6.63. The summed E-state index contributed by atoms with van der Waals surface area (Å²) in [6, 6.07) is 13.1. The third kappa shape index (κ3) is 6.81. The Morgan fingerprint density at radius 3 is 2.27 bits per heavy atom. The normalized spacial score (nSPS) is 11.1.